The third-order valence-corrected chi connectivity index (χ3v) is 19.9. The normalized spacial score (nSPS) is 22.1. The molecule has 0 heterocycles. The molecule has 3 heteroatoms. The zero-order valence-electron chi connectivity index (χ0n) is 54.0. The quantitative estimate of drug-likeness (QED) is 0.0596. The molecule has 83 heavy (non-hydrogen) atoms. The van der Waals surface area contributed by atoms with Crippen LogP contribution in [0.5, 0.6) is 0 Å². The summed E-state index contributed by atoms with van der Waals surface area (Å²) in [4.78, 5) is 0. The van der Waals surface area contributed by atoms with Gasteiger partial charge in [0.15, 0.2) is 0 Å². The van der Waals surface area contributed by atoms with Gasteiger partial charge in [0.1, 0.15) is 0 Å². The number of fused-ring (bicyclic) bond motifs is 6. The molecule has 6 aliphatic carbocycles. The summed E-state index contributed by atoms with van der Waals surface area (Å²) in [5, 5.41) is 0. The summed E-state index contributed by atoms with van der Waals surface area (Å²) in [5.74, 6) is 4.00. The van der Waals surface area contributed by atoms with Gasteiger partial charge in [-0.15, -0.1) is 13.2 Å². The number of halogens is 2. The van der Waals surface area contributed by atoms with Crippen molar-refractivity contribution in [2.75, 3.05) is 0 Å². The van der Waals surface area contributed by atoms with E-state index in [1.165, 1.54) is 113 Å². The predicted molar refractivity (Wildman–Crippen MR) is 364 cm³/mol. The fourth-order valence-corrected chi connectivity index (χ4v) is 15.8. The van der Waals surface area contributed by atoms with Crippen molar-refractivity contribution in [3.05, 3.63) is 242 Å². The molecule has 6 atom stereocenters. The number of hydrogen-bond acceptors (Lipinski definition) is 0. The summed E-state index contributed by atoms with van der Waals surface area (Å²) in [6.07, 6.45) is 43.3. The predicted octanol–water partition coefficient (Wildman–Crippen LogP) is 24.3. The summed E-state index contributed by atoms with van der Waals surface area (Å²) in [6, 6.07) is 38.0. The molecule has 0 aromatic heterocycles. The van der Waals surface area contributed by atoms with Crippen molar-refractivity contribution < 1.29 is 20.8 Å². The van der Waals surface area contributed by atoms with Crippen molar-refractivity contribution in [1.82, 2.24) is 0 Å². The van der Waals surface area contributed by atoms with Crippen LogP contribution in [0.4, 0.5) is 0 Å². The molecule has 0 aliphatic heterocycles. The summed E-state index contributed by atoms with van der Waals surface area (Å²) < 4.78 is 0. The molecule has 2 saturated carbocycles. The van der Waals surface area contributed by atoms with Crippen LogP contribution >= 0.6 is 17.0 Å². The van der Waals surface area contributed by atoms with E-state index in [1.54, 1.807) is 5.56 Å². The summed E-state index contributed by atoms with van der Waals surface area (Å²) in [5.41, 5.74) is 16.9. The van der Waals surface area contributed by atoms with Crippen molar-refractivity contribution in [3.63, 3.8) is 0 Å². The molecule has 444 valence electrons. The zero-order valence-corrected chi connectivity index (χ0v) is 58.0. The summed E-state index contributed by atoms with van der Waals surface area (Å²) in [6.45, 7) is 36.5. The first-order valence-corrected chi connectivity index (χ1v) is 37.7. The van der Waals surface area contributed by atoms with Crippen molar-refractivity contribution in [1.29, 1.82) is 0 Å². The SMILES string of the molecule is C=CCCCCC(C1=CCC=C1)(c1ccccc1)C1c2cc(C(C)(C)C)ccc2-c2ccc(C(C)(C)C)cc21.C=CCCCCC(c1ccccc1)(C1CCCC1)C1C2C=C(C(C)(C)C)C=CC2C2C=CC(C(C)(C)C)=CC21.[CH3-].[CH3-].[Cl][Zr+2][Cl]. The van der Waals surface area contributed by atoms with Gasteiger partial charge in [0, 0.05) is 16.7 Å². The molecule has 0 nitrogen and oxygen atoms in total. The van der Waals surface area contributed by atoms with Crippen molar-refractivity contribution >= 4 is 17.0 Å². The Bertz CT molecular complexity index is 2850. The van der Waals surface area contributed by atoms with Gasteiger partial charge < -0.3 is 14.9 Å². The Morgan fingerprint density at radius 3 is 1.36 bits per heavy atom. The van der Waals surface area contributed by atoms with E-state index in [1.807, 2.05) is 0 Å². The number of benzene rings is 4. The monoisotopic (exact) mass is 1230 g/mol. The molecule has 2 fully saturated rings. The second kappa shape index (κ2) is 28.8. The first kappa shape index (κ1) is 68.4. The second-order valence-corrected chi connectivity index (χ2v) is 32.7. The number of rotatable bonds is 16. The van der Waals surface area contributed by atoms with E-state index in [4.69, 9.17) is 17.0 Å². The Morgan fingerprint density at radius 2 is 0.952 bits per heavy atom. The minimum absolute atomic E-state index is 0. The van der Waals surface area contributed by atoms with Crippen LogP contribution < -0.4 is 0 Å². The molecule has 0 spiro atoms. The van der Waals surface area contributed by atoms with Crippen LogP contribution in [0.3, 0.4) is 0 Å². The topological polar surface area (TPSA) is 0 Å². The van der Waals surface area contributed by atoms with E-state index in [0.29, 0.717) is 29.6 Å². The van der Waals surface area contributed by atoms with Gasteiger partial charge >= 0.3 is 37.9 Å². The molecular weight excluding hydrogens is 1120 g/mol. The van der Waals surface area contributed by atoms with Gasteiger partial charge in [0.25, 0.3) is 0 Å². The molecule has 0 N–H and O–H groups in total. The first-order chi connectivity index (χ1) is 38.6. The van der Waals surface area contributed by atoms with Crippen LogP contribution in [0.15, 0.2) is 194 Å². The van der Waals surface area contributed by atoms with Gasteiger partial charge in [-0.3, -0.25) is 0 Å². The minimum atomic E-state index is -0.826. The average molecular weight is 1230 g/mol. The molecule has 0 amide bonds. The van der Waals surface area contributed by atoms with Gasteiger partial charge in [-0.25, -0.2) is 0 Å². The van der Waals surface area contributed by atoms with Crippen molar-refractivity contribution in [2.45, 2.75) is 194 Å². The average Bonchev–Trinajstić information content (AvgIpc) is 2.67. The van der Waals surface area contributed by atoms with E-state index in [-0.39, 0.29) is 53.3 Å². The Balaban J connectivity index is 0.000000249. The summed E-state index contributed by atoms with van der Waals surface area (Å²) in [7, 11) is 9.87. The second-order valence-electron chi connectivity index (χ2n) is 29.0. The maximum absolute atomic E-state index is 4.93. The van der Waals surface area contributed by atoms with Crippen LogP contribution in [0.1, 0.15) is 206 Å². The van der Waals surface area contributed by atoms with Crippen LogP contribution in [0.25, 0.3) is 11.1 Å². The standard InChI is InChI=1S/C39H54.C39H46.2CH3.2ClH.Zr/c2*1-8-9-10-16-25-39(29-19-14-15-20-29,28-17-12-11-13-18-28)36-34-26-30(37(2,3)4)21-23-32(34)33-24-22-31(27-35(33)36)38(5,6)7;;;;;/h8,11-13,17-18,21-24,26-27,29,32-36H,1,9-10,14-16,19-20,25H2,2-7H3;8,11-14,17-24,26-27,36H,1,9-10,15-16,25H2,2-7H3;2*1H3;2*1H;/q;;2*-1;;;+4/p-2. The fraction of sp³-hybridized carbons (Fsp3) is 0.475. The Kier molecular flexibility index (Phi) is 23.8. The molecular formula is C80H106Cl2Zr. The van der Waals surface area contributed by atoms with Crippen LogP contribution in [0.2, 0.25) is 0 Å². The van der Waals surface area contributed by atoms with Crippen molar-refractivity contribution in [3.8, 4) is 11.1 Å². The molecule has 4 aromatic carbocycles. The summed E-state index contributed by atoms with van der Waals surface area (Å²) >= 11 is -0.826. The maximum atomic E-state index is 4.93. The van der Waals surface area contributed by atoms with E-state index in [0.717, 1.165) is 31.6 Å². The molecule has 0 bridgehead atoms. The van der Waals surface area contributed by atoms with Gasteiger partial charge in [-0.05, 0) is 176 Å². The van der Waals surface area contributed by atoms with E-state index >= 15 is 0 Å². The van der Waals surface area contributed by atoms with Gasteiger partial charge in [0.2, 0.25) is 0 Å². The zero-order chi connectivity index (χ0) is 58.4. The molecule has 6 aliphatic rings. The van der Waals surface area contributed by atoms with Gasteiger partial charge in [-0.1, -0.05) is 273 Å². The molecule has 0 saturated heterocycles. The fourth-order valence-electron chi connectivity index (χ4n) is 15.8. The van der Waals surface area contributed by atoms with Gasteiger partial charge in [-0.2, -0.15) is 0 Å². The van der Waals surface area contributed by atoms with Crippen LogP contribution in [-0.4, -0.2) is 0 Å². The van der Waals surface area contributed by atoms with Gasteiger partial charge in [0.05, 0.1) is 0 Å². The van der Waals surface area contributed by atoms with E-state index in [2.05, 4.69) is 260 Å². The molecule has 0 radical (unpaired) electrons. The Morgan fingerprint density at radius 1 is 0.506 bits per heavy atom. The third kappa shape index (κ3) is 14.7. The van der Waals surface area contributed by atoms with Crippen LogP contribution in [0, 0.1) is 61.2 Å². The van der Waals surface area contributed by atoms with E-state index < -0.39 is 20.8 Å². The number of hydrogen-bond donors (Lipinski definition) is 0. The number of allylic oxidation sites excluding steroid dienone is 14. The first-order valence-electron chi connectivity index (χ1n) is 31.3. The Hall–Kier alpha value is -3.74. The number of unbranched alkanes of at least 4 members (excludes halogenated alkanes) is 4. The molecule has 6 unspecified atom stereocenters. The molecule has 10 rings (SSSR count). The van der Waals surface area contributed by atoms with E-state index in [9.17, 15) is 0 Å². The van der Waals surface area contributed by atoms with Crippen molar-refractivity contribution in [2.24, 2.45) is 46.3 Å². The third-order valence-electron chi connectivity index (χ3n) is 19.9. The van der Waals surface area contributed by atoms with Crippen LogP contribution in [-0.2, 0) is 42.5 Å². The Labute approximate surface area is 527 Å². The molecule has 4 aromatic rings.